The average Bonchev–Trinajstić information content (AvgIpc) is 2.27. The Balaban J connectivity index is 2.67. The van der Waals surface area contributed by atoms with Crippen LogP contribution < -0.4 is 5.73 Å². The van der Waals surface area contributed by atoms with Gasteiger partial charge in [-0.2, -0.15) is 0 Å². The third-order valence-electron chi connectivity index (χ3n) is 2.16. The lowest BCUT2D eigenvalue weighted by Gasteiger charge is -2.04. The summed E-state index contributed by atoms with van der Waals surface area (Å²) >= 11 is 0. The Morgan fingerprint density at radius 1 is 1.40 bits per heavy atom. The van der Waals surface area contributed by atoms with Crippen LogP contribution in [0.5, 0.6) is 0 Å². The molecule has 76 valence electrons. The molecule has 15 heavy (non-hydrogen) atoms. The topological polar surface area (TPSA) is 65.2 Å². The maximum atomic E-state index is 11.3. The number of para-hydroxylation sites is 1. The van der Waals surface area contributed by atoms with Crippen LogP contribution >= 0.6 is 0 Å². The number of esters is 1. The standard InChI is InChI=1S/C11H10N2O2/c1-15-11(14)8-6-7-4-2-3-5-9(7)13-10(8)12/h2-6H,1H3,(H2,12,13). The summed E-state index contributed by atoms with van der Waals surface area (Å²) < 4.78 is 4.61. The molecule has 0 aliphatic heterocycles. The number of fused-ring (bicyclic) bond motifs is 1. The molecule has 0 saturated heterocycles. The van der Waals surface area contributed by atoms with Gasteiger partial charge in [0.05, 0.1) is 12.6 Å². The van der Waals surface area contributed by atoms with E-state index in [0.29, 0.717) is 5.56 Å². The Morgan fingerprint density at radius 2 is 2.13 bits per heavy atom. The largest absolute Gasteiger partial charge is 0.465 e. The first-order valence-corrected chi connectivity index (χ1v) is 4.46. The summed E-state index contributed by atoms with van der Waals surface area (Å²) in [6.45, 7) is 0. The van der Waals surface area contributed by atoms with E-state index >= 15 is 0 Å². The summed E-state index contributed by atoms with van der Waals surface area (Å²) in [7, 11) is 1.32. The molecule has 4 heteroatoms. The number of hydrogen-bond acceptors (Lipinski definition) is 4. The van der Waals surface area contributed by atoms with Gasteiger partial charge in [-0.1, -0.05) is 18.2 Å². The lowest BCUT2D eigenvalue weighted by atomic mass is 10.1. The van der Waals surface area contributed by atoms with E-state index in [0.717, 1.165) is 10.9 Å². The normalized spacial score (nSPS) is 10.2. The fraction of sp³-hybridized carbons (Fsp3) is 0.0909. The molecule has 1 aromatic carbocycles. The number of carbonyl (C=O) groups excluding carboxylic acids is 1. The second-order valence-electron chi connectivity index (χ2n) is 3.11. The lowest BCUT2D eigenvalue weighted by Crippen LogP contribution is -2.07. The molecule has 0 bridgehead atoms. The molecule has 1 aromatic heterocycles. The number of pyridine rings is 1. The fourth-order valence-corrected chi connectivity index (χ4v) is 1.40. The van der Waals surface area contributed by atoms with Crippen molar-refractivity contribution in [1.29, 1.82) is 0 Å². The molecule has 2 rings (SSSR count). The van der Waals surface area contributed by atoms with Gasteiger partial charge in [-0.25, -0.2) is 9.78 Å². The minimum Gasteiger partial charge on any atom is -0.465 e. The summed E-state index contributed by atoms with van der Waals surface area (Å²) in [6, 6.07) is 9.14. The van der Waals surface area contributed by atoms with Crippen molar-refractivity contribution in [2.24, 2.45) is 0 Å². The van der Waals surface area contributed by atoms with Crippen molar-refractivity contribution >= 4 is 22.7 Å². The van der Waals surface area contributed by atoms with Crippen molar-refractivity contribution in [3.8, 4) is 0 Å². The van der Waals surface area contributed by atoms with Gasteiger partial charge in [-0.05, 0) is 12.1 Å². The van der Waals surface area contributed by atoms with Crippen molar-refractivity contribution in [1.82, 2.24) is 4.98 Å². The maximum absolute atomic E-state index is 11.3. The van der Waals surface area contributed by atoms with Crippen molar-refractivity contribution in [2.75, 3.05) is 12.8 Å². The minimum atomic E-state index is -0.467. The van der Waals surface area contributed by atoms with Crippen LogP contribution in [0.25, 0.3) is 10.9 Å². The van der Waals surface area contributed by atoms with Gasteiger partial charge in [0.2, 0.25) is 0 Å². The third-order valence-corrected chi connectivity index (χ3v) is 2.16. The van der Waals surface area contributed by atoms with Crippen molar-refractivity contribution in [2.45, 2.75) is 0 Å². The summed E-state index contributed by atoms with van der Waals surface area (Å²) in [6.07, 6.45) is 0. The highest BCUT2D eigenvalue weighted by molar-refractivity contribution is 5.98. The highest BCUT2D eigenvalue weighted by atomic mass is 16.5. The number of nitrogens with two attached hydrogens (primary N) is 1. The first-order chi connectivity index (χ1) is 7.22. The van der Waals surface area contributed by atoms with Gasteiger partial charge in [-0.3, -0.25) is 0 Å². The van der Waals surface area contributed by atoms with E-state index in [1.807, 2.05) is 24.3 Å². The van der Waals surface area contributed by atoms with E-state index in [-0.39, 0.29) is 5.82 Å². The molecule has 4 nitrogen and oxygen atoms in total. The van der Waals surface area contributed by atoms with Gasteiger partial charge in [0.15, 0.2) is 0 Å². The Hall–Kier alpha value is -2.10. The molecule has 2 N–H and O–H groups in total. The molecule has 0 amide bonds. The highest BCUT2D eigenvalue weighted by Crippen LogP contribution is 2.18. The Morgan fingerprint density at radius 3 is 2.87 bits per heavy atom. The number of ether oxygens (including phenoxy) is 1. The van der Waals surface area contributed by atoms with E-state index in [1.54, 1.807) is 6.07 Å². The molecular weight excluding hydrogens is 192 g/mol. The number of aromatic nitrogens is 1. The van der Waals surface area contributed by atoms with Crippen LogP contribution in [0.1, 0.15) is 10.4 Å². The molecule has 0 radical (unpaired) electrons. The molecule has 0 fully saturated rings. The molecule has 1 heterocycles. The predicted molar refractivity (Wildman–Crippen MR) is 57.5 cm³/mol. The highest BCUT2D eigenvalue weighted by Gasteiger charge is 2.11. The molecule has 0 spiro atoms. The van der Waals surface area contributed by atoms with Crippen LogP contribution in [-0.4, -0.2) is 18.1 Å². The summed E-state index contributed by atoms with van der Waals surface area (Å²) in [4.78, 5) is 15.5. The zero-order chi connectivity index (χ0) is 10.8. The van der Waals surface area contributed by atoms with Crippen LogP contribution in [0.4, 0.5) is 5.82 Å². The van der Waals surface area contributed by atoms with Crippen LogP contribution in [0.15, 0.2) is 30.3 Å². The SMILES string of the molecule is COC(=O)c1cc2ccccc2nc1N. The van der Waals surface area contributed by atoms with Crippen molar-refractivity contribution in [3.05, 3.63) is 35.9 Å². The molecule has 0 atom stereocenters. The fourth-order valence-electron chi connectivity index (χ4n) is 1.40. The summed E-state index contributed by atoms with van der Waals surface area (Å²) in [5.41, 5.74) is 6.72. The van der Waals surface area contributed by atoms with E-state index < -0.39 is 5.97 Å². The number of nitrogens with zero attached hydrogens (tertiary/aromatic N) is 1. The quantitative estimate of drug-likeness (QED) is 0.713. The van der Waals surface area contributed by atoms with Gasteiger partial charge in [0.25, 0.3) is 0 Å². The number of rotatable bonds is 1. The number of nitrogen functional groups attached to an aromatic ring is 1. The maximum Gasteiger partial charge on any atom is 0.341 e. The predicted octanol–water partition coefficient (Wildman–Crippen LogP) is 1.60. The molecule has 0 saturated carbocycles. The Labute approximate surface area is 86.7 Å². The zero-order valence-corrected chi connectivity index (χ0v) is 8.23. The smallest absolute Gasteiger partial charge is 0.341 e. The van der Waals surface area contributed by atoms with Gasteiger partial charge >= 0.3 is 5.97 Å². The number of anilines is 1. The first kappa shape index (κ1) is 9.45. The van der Waals surface area contributed by atoms with E-state index in [2.05, 4.69) is 9.72 Å². The van der Waals surface area contributed by atoms with Gasteiger partial charge in [0.1, 0.15) is 11.4 Å². The van der Waals surface area contributed by atoms with Crippen molar-refractivity contribution in [3.63, 3.8) is 0 Å². The Bertz CT molecular complexity index is 523. The first-order valence-electron chi connectivity index (χ1n) is 4.46. The van der Waals surface area contributed by atoms with Gasteiger partial charge in [0, 0.05) is 5.39 Å². The Kier molecular flexibility index (Phi) is 2.25. The lowest BCUT2D eigenvalue weighted by molar-refractivity contribution is 0.0602. The van der Waals surface area contributed by atoms with E-state index in [1.165, 1.54) is 7.11 Å². The number of benzene rings is 1. The van der Waals surface area contributed by atoms with Crippen molar-refractivity contribution < 1.29 is 9.53 Å². The summed E-state index contributed by atoms with van der Waals surface area (Å²) in [5, 5.41) is 0.868. The minimum absolute atomic E-state index is 0.195. The molecule has 2 aromatic rings. The molecule has 0 aliphatic carbocycles. The third kappa shape index (κ3) is 1.61. The van der Waals surface area contributed by atoms with Gasteiger partial charge < -0.3 is 10.5 Å². The summed E-state index contributed by atoms with van der Waals surface area (Å²) in [5.74, 6) is -0.272. The van der Waals surface area contributed by atoms with Gasteiger partial charge in [-0.15, -0.1) is 0 Å². The van der Waals surface area contributed by atoms with Crippen LogP contribution in [0.2, 0.25) is 0 Å². The molecule has 0 unspecified atom stereocenters. The molecule has 0 aliphatic rings. The average molecular weight is 202 g/mol. The zero-order valence-electron chi connectivity index (χ0n) is 8.23. The number of carbonyl (C=O) groups is 1. The second-order valence-corrected chi connectivity index (χ2v) is 3.11. The van der Waals surface area contributed by atoms with E-state index in [4.69, 9.17) is 5.73 Å². The van der Waals surface area contributed by atoms with Crippen LogP contribution in [0.3, 0.4) is 0 Å². The molecular formula is C11H10N2O2. The van der Waals surface area contributed by atoms with Crippen LogP contribution in [-0.2, 0) is 4.74 Å². The van der Waals surface area contributed by atoms with E-state index in [9.17, 15) is 4.79 Å². The van der Waals surface area contributed by atoms with Crippen LogP contribution in [0, 0.1) is 0 Å². The number of hydrogen-bond donors (Lipinski definition) is 1. The number of methoxy groups -OCH3 is 1. The monoisotopic (exact) mass is 202 g/mol. The second kappa shape index (κ2) is 3.57.